The first kappa shape index (κ1) is 21.7. The molecule has 1 aromatic carbocycles. The molecule has 0 heterocycles. The number of nitrogens with two attached hydrogens (primary N) is 1. The monoisotopic (exact) mass is 363 g/mol. The molecular formula is C15H26ClN3O3S. The van der Waals surface area contributed by atoms with E-state index < -0.39 is 16.1 Å². The first-order valence-electron chi connectivity index (χ1n) is 7.22. The standard InChI is InChI=1S/C15H25N3O3S.ClH/c1-5-9-22(20,21)18-12-8-6-7-11(10-12)17-14(19)13(16)15(2,3)4;/h6-8,10,13,18H,5,9,16H2,1-4H3,(H,17,19);1H/t13-;/m1./s1. The van der Waals surface area contributed by atoms with Gasteiger partial charge < -0.3 is 11.1 Å². The predicted molar refractivity (Wildman–Crippen MR) is 97.5 cm³/mol. The van der Waals surface area contributed by atoms with Gasteiger partial charge in [0, 0.05) is 5.69 Å². The third kappa shape index (κ3) is 7.20. The van der Waals surface area contributed by atoms with Crippen molar-refractivity contribution in [2.75, 3.05) is 15.8 Å². The van der Waals surface area contributed by atoms with Gasteiger partial charge >= 0.3 is 0 Å². The first-order chi connectivity index (χ1) is 10.0. The summed E-state index contributed by atoms with van der Waals surface area (Å²) >= 11 is 0. The fraction of sp³-hybridized carbons (Fsp3) is 0.533. The average Bonchev–Trinajstić information content (AvgIpc) is 2.36. The molecule has 132 valence electrons. The van der Waals surface area contributed by atoms with Crippen molar-refractivity contribution in [2.24, 2.45) is 11.1 Å². The summed E-state index contributed by atoms with van der Waals surface area (Å²) < 4.78 is 26.0. The highest BCUT2D eigenvalue weighted by Crippen LogP contribution is 2.21. The van der Waals surface area contributed by atoms with Gasteiger partial charge in [-0.25, -0.2) is 8.42 Å². The molecule has 6 nitrogen and oxygen atoms in total. The Bertz CT molecular complexity index is 627. The smallest absolute Gasteiger partial charge is 0.241 e. The molecule has 0 aliphatic carbocycles. The molecule has 0 spiro atoms. The maximum Gasteiger partial charge on any atom is 0.241 e. The zero-order valence-electron chi connectivity index (χ0n) is 13.9. The van der Waals surface area contributed by atoms with E-state index in [1.807, 2.05) is 20.8 Å². The number of amides is 1. The summed E-state index contributed by atoms with van der Waals surface area (Å²) in [7, 11) is -3.36. The number of rotatable bonds is 6. The quantitative estimate of drug-likeness (QED) is 0.722. The Labute approximate surface area is 144 Å². The second-order valence-corrected chi connectivity index (χ2v) is 8.18. The van der Waals surface area contributed by atoms with Crippen LogP contribution >= 0.6 is 12.4 Å². The van der Waals surface area contributed by atoms with Crippen LogP contribution in [0.1, 0.15) is 34.1 Å². The molecule has 0 saturated carbocycles. The number of hydrogen-bond acceptors (Lipinski definition) is 4. The van der Waals surface area contributed by atoms with Gasteiger partial charge in [0.05, 0.1) is 17.5 Å². The van der Waals surface area contributed by atoms with Gasteiger partial charge in [-0.15, -0.1) is 12.4 Å². The van der Waals surface area contributed by atoms with Crippen molar-refractivity contribution >= 4 is 39.7 Å². The molecule has 0 aliphatic heterocycles. The lowest BCUT2D eigenvalue weighted by Gasteiger charge is -2.25. The Balaban J connectivity index is 0.00000484. The summed E-state index contributed by atoms with van der Waals surface area (Å²) in [5, 5.41) is 2.71. The Morgan fingerprint density at radius 3 is 2.35 bits per heavy atom. The molecule has 1 rings (SSSR count). The molecule has 0 unspecified atom stereocenters. The minimum Gasteiger partial charge on any atom is -0.325 e. The van der Waals surface area contributed by atoms with E-state index in [0.29, 0.717) is 17.8 Å². The molecule has 1 atom stereocenters. The second-order valence-electron chi connectivity index (χ2n) is 6.33. The average molecular weight is 364 g/mol. The topological polar surface area (TPSA) is 101 Å². The minimum absolute atomic E-state index is 0. The molecule has 0 bridgehead atoms. The van der Waals surface area contributed by atoms with E-state index in [1.54, 1.807) is 31.2 Å². The van der Waals surface area contributed by atoms with Gasteiger partial charge in [-0.2, -0.15) is 0 Å². The Morgan fingerprint density at radius 1 is 1.26 bits per heavy atom. The molecule has 0 aliphatic rings. The molecule has 0 saturated heterocycles. The van der Waals surface area contributed by atoms with Crippen LogP contribution in [0.5, 0.6) is 0 Å². The maximum atomic E-state index is 12.1. The van der Waals surface area contributed by atoms with E-state index >= 15 is 0 Å². The van der Waals surface area contributed by atoms with Crippen LogP contribution < -0.4 is 15.8 Å². The van der Waals surface area contributed by atoms with Crippen molar-refractivity contribution in [3.05, 3.63) is 24.3 Å². The summed E-state index contributed by atoms with van der Waals surface area (Å²) in [6.45, 7) is 7.44. The van der Waals surface area contributed by atoms with Crippen LogP contribution in [-0.2, 0) is 14.8 Å². The number of anilines is 2. The van der Waals surface area contributed by atoms with E-state index in [0.717, 1.165) is 0 Å². The summed E-state index contributed by atoms with van der Waals surface area (Å²) in [5.41, 5.74) is 6.46. The van der Waals surface area contributed by atoms with E-state index in [-0.39, 0.29) is 29.5 Å². The molecule has 0 aromatic heterocycles. The zero-order chi connectivity index (χ0) is 17.0. The number of sulfonamides is 1. The first-order valence-corrected chi connectivity index (χ1v) is 8.87. The van der Waals surface area contributed by atoms with Crippen molar-refractivity contribution < 1.29 is 13.2 Å². The Hall–Kier alpha value is -1.31. The fourth-order valence-corrected chi connectivity index (χ4v) is 2.90. The largest absolute Gasteiger partial charge is 0.325 e. The van der Waals surface area contributed by atoms with Gasteiger partial charge in [0.1, 0.15) is 0 Å². The third-order valence-electron chi connectivity index (χ3n) is 3.09. The number of nitrogens with one attached hydrogen (secondary N) is 2. The second kappa shape index (κ2) is 8.52. The van der Waals surface area contributed by atoms with E-state index in [4.69, 9.17) is 5.73 Å². The van der Waals surface area contributed by atoms with Crippen molar-refractivity contribution in [3.63, 3.8) is 0 Å². The highest BCUT2D eigenvalue weighted by atomic mass is 35.5. The summed E-state index contributed by atoms with van der Waals surface area (Å²) in [4.78, 5) is 12.1. The number of benzene rings is 1. The summed E-state index contributed by atoms with van der Waals surface area (Å²) in [5.74, 6) is -0.251. The highest BCUT2D eigenvalue weighted by Gasteiger charge is 2.27. The number of carbonyl (C=O) groups is 1. The summed E-state index contributed by atoms with van der Waals surface area (Å²) in [6.07, 6.45) is 0.534. The maximum absolute atomic E-state index is 12.1. The Kier molecular flexibility index (Phi) is 8.03. The lowest BCUT2D eigenvalue weighted by Crippen LogP contribution is -2.45. The minimum atomic E-state index is -3.36. The predicted octanol–water partition coefficient (Wildman–Crippen LogP) is 2.57. The molecular weight excluding hydrogens is 338 g/mol. The Morgan fingerprint density at radius 2 is 1.83 bits per heavy atom. The highest BCUT2D eigenvalue weighted by molar-refractivity contribution is 7.92. The van der Waals surface area contributed by atoms with Crippen LogP contribution in [0.3, 0.4) is 0 Å². The van der Waals surface area contributed by atoms with E-state index in [1.165, 1.54) is 0 Å². The van der Waals surface area contributed by atoms with Crippen molar-refractivity contribution in [3.8, 4) is 0 Å². The van der Waals surface area contributed by atoms with Gasteiger partial charge in [0.2, 0.25) is 15.9 Å². The number of hydrogen-bond donors (Lipinski definition) is 3. The molecule has 4 N–H and O–H groups in total. The van der Waals surface area contributed by atoms with Gasteiger partial charge in [0.25, 0.3) is 0 Å². The van der Waals surface area contributed by atoms with Gasteiger partial charge in [0.15, 0.2) is 0 Å². The van der Waals surface area contributed by atoms with E-state index in [2.05, 4.69) is 10.0 Å². The van der Waals surface area contributed by atoms with Gasteiger partial charge in [-0.1, -0.05) is 33.8 Å². The van der Waals surface area contributed by atoms with Crippen LogP contribution in [0.2, 0.25) is 0 Å². The number of carbonyl (C=O) groups excluding carboxylic acids is 1. The number of halogens is 1. The van der Waals surface area contributed by atoms with E-state index in [9.17, 15) is 13.2 Å². The molecule has 0 fully saturated rings. The SMILES string of the molecule is CCCS(=O)(=O)Nc1cccc(NC(=O)[C@@H](N)C(C)(C)C)c1.Cl. The van der Waals surface area contributed by atoms with Crippen LogP contribution in [0.25, 0.3) is 0 Å². The molecule has 1 aromatic rings. The molecule has 0 radical (unpaired) electrons. The van der Waals surface area contributed by atoms with Crippen LogP contribution in [0.15, 0.2) is 24.3 Å². The van der Waals surface area contributed by atoms with Crippen molar-refractivity contribution in [1.82, 2.24) is 0 Å². The lowest BCUT2D eigenvalue weighted by molar-refractivity contribution is -0.119. The zero-order valence-corrected chi connectivity index (χ0v) is 15.6. The fourth-order valence-electron chi connectivity index (χ4n) is 1.77. The molecule has 1 amide bonds. The van der Waals surface area contributed by atoms with Crippen molar-refractivity contribution in [2.45, 2.75) is 40.2 Å². The summed E-state index contributed by atoms with van der Waals surface area (Å²) in [6, 6.07) is 5.90. The lowest BCUT2D eigenvalue weighted by atomic mass is 9.87. The normalized spacial score (nSPS) is 12.9. The van der Waals surface area contributed by atoms with Crippen molar-refractivity contribution in [1.29, 1.82) is 0 Å². The van der Waals surface area contributed by atoms with Crippen LogP contribution in [0, 0.1) is 5.41 Å². The third-order valence-corrected chi connectivity index (χ3v) is 4.58. The van der Waals surface area contributed by atoms with Crippen LogP contribution in [-0.4, -0.2) is 26.1 Å². The van der Waals surface area contributed by atoms with Crippen LogP contribution in [0.4, 0.5) is 11.4 Å². The van der Waals surface area contributed by atoms with Gasteiger partial charge in [-0.3, -0.25) is 9.52 Å². The van der Waals surface area contributed by atoms with Gasteiger partial charge in [-0.05, 0) is 30.0 Å². The molecule has 8 heteroatoms. The molecule has 23 heavy (non-hydrogen) atoms.